The van der Waals surface area contributed by atoms with Crippen molar-refractivity contribution >= 4 is 5.82 Å². The highest BCUT2D eigenvalue weighted by molar-refractivity contribution is 5.40. The van der Waals surface area contributed by atoms with Crippen molar-refractivity contribution in [2.45, 2.75) is 25.8 Å². The molecular formula is C12H15N5. The van der Waals surface area contributed by atoms with E-state index in [2.05, 4.69) is 26.6 Å². The van der Waals surface area contributed by atoms with Gasteiger partial charge >= 0.3 is 0 Å². The van der Waals surface area contributed by atoms with Crippen LogP contribution in [-0.4, -0.2) is 19.7 Å². The second kappa shape index (κ2) is 4.16. The van der Waals surface area contributed by atoms with Crippen LogP contribution in [0.1, 0.15) is 23.5 Å². The molecule has 1 aliphatic rings. The van der Waals surface area contributed by atoms with E-state index in [1.807, 2.05) is 17.7 Å². The van der Waals surface area contributed by atoms with E-state index in [1.54, 1.807) is 6.33 Å². The Morgan fingerprint density at radius 1 is 1.35 bits per heavy atom. The first kappa shape index (κ1) is 10.3. The minimum absolute atomic E-state index is 0.655. The fourth-order valence-electron chi connectivity index (χ4n) is 2.16. The highest BCUT2D eigenvalue weighted by atomic mass is 15.3. The lowest BCUT2D eigenvalue weighted by molar-refractivity contribution is 0.809. The van der Waals surface area contributed by atoms with Gasteiger partial charge in [-0.25, -0.2) is 4.98 Å². The zero-order chi connectivity index (χ0) is 11.7. The van der Waals surface area contributed by atoms with E-state index in [0.717, 1.165) is 18.1 Å². The molecule has 0 radical (unpaired) electrons. The molecule has 17 heavy (non-hydrogen) atoms. The summed E-state index contributed by atoms with van der Waals surface area (Å²) < 4.78 is 1.90. The van der Waals surface area contributed by atoms with Crippen LogP contribution in [0.25, 0.3) is 0 Å². The molecule has 0 saturated heterocycles. The Morgan fingerprint density at radius 3 is 3.12 bits per heavy atom. The zero-order valence-corrected chi connectivity index (χ0v) is 9.85. The summed E-state index contributed by atoms with van der Waals surface area (Å²) in [6.07, 6.45) is 5.21. The zero-order valence-electron chi connectivity index (χ0n) is 9.85. The molecule has 2 heterocycles. The number of hydrogen-bond acceptors (Lipinski definition) is 4. The molecule has 0 unspecified atom stereocenters. The highest BCUT2D eigenvalue weighted by Gasteiger charge is 2.12. The molecule has 1 aliphatic carbocycles. The largest absolute Gasteiger partial charge is 0.363 e. The van der Waals surface area contributed by atoms with Crippen molar-refractivity contribution in [2.75, 3.05) is 5.32 Å². The quantitative estimate of drug-likeness (QED) is 0.862. The number of hydrogen-bond donors (Lipinski definition) is 1. The second-order valence-electron chi connectivity index (χ2n) is 4.37. The molecule has 0 amide bonds. The smallest absolute Gasteiger partial charge is 0.151 e. The number of aryl methyl sites for hydroxylation is 3. The van der Waals surface area contributed by atoms with Crippen molar-refractivity contribution in [1.29, 1.82) is 0 Å². The molecule has 0 aliphatic heterocycles. The van der Waals surface area contributed by atoms with Crippen molar-refractivity contribution in [2.24, 2.45) is 7.05 Å². The van der Waals surface area contributed by atoms with Crippen molar-refractivity contribution in [3.05, 3.63) is 35.5 Å². The van der Waals surface area contributed by atoms with Crippen LogP contribution in [0.5, 0.6) is 0 Å². The molecule has 0 spiro atoms. The van der Waals surface area contributed by atoms with E-state index in [1.165, 1.54) is 24.1 Å². The van der Waals surface area contributed by atoms with Gasteiger partial charge in [0.2, 0.25) is 0 Å². The predicted molar refractivity (Wildman–Crippen MR) is 64.6 cm³/mol. The van der Waals surface area contributed by atoms with Crippen LogP contribution in [0.2, 0.25) is 0 Å². The molecule has 0 aromatic carbocycles. The Labute approximate surface area is 99.9 Å². The highest BCUT2D eigenvalue weighted by Crippen LogP contribution is 2.21. The third-order valence-corrected chi connectivity index (χ3v) is 3.16. The number of fused-ring (bicyclic) bond motifs is 1. The maximum Gasteiger partial charge on any atom is 0.151 e. The lowest BCUT2D eigenvalue weighted by atomic mass is 10.2. The maximum absolute atomic E-state index is 4.61. The number of anilines is 1. The van der Waals surface area contributed by atoms with Crippen molar-refractivity contribution in [3.63, 3.8) is 0 Å². The van der Waals surface area contributed by atoms with Gasteiger partial charge in [0.25, 0.3) is 0 Å². The number of nitrogens with one attached hydrogen (secondary N) is 1. The van der Waals surface area contributed by atoms with Crippen molar-refractivity contribution in [3.8, 4) is 0 Å². The monoisotopic (exact) mass is 229 g/mol. The van der Waals surface area contributed by atoms with Crippen molar-refractivity contribution in [1.82, 2.24) is 19.7 Å². The van der Waals surface area contributed by atoms with Gasteiger partial charge in [-0.15, -0.1) is 10.2 Å². The van der Waals surface area contributed by atoms with Crippen LogP contribution in [-0.2, 0) is 26.4 Å². The minimum Gasteiger partial charge on any atom is -0.363 e. The van der Waals surface area contributed by atoms with Crippen LogP contribution in [0.4, 0.5) is 5.82 Å². The Morgan fingerprint density at radius 2 is 2.29 bits per heavy atom. The molecular weight excluding hydrogens is 214 g/mol. The number of pyridine rings is 1. The lowest BCUT2D eigenvalue weighted by Crippen LogP contribution is -2.07. The summed E-state index contributed by atoms with van der Waals surface area (Å²) >= 11 is 0. The topological polar surface area (TPSA) is 55.6 Å². The first-order valence-corrected chi connectivity index (χ1v) is 5.88. The molecule has 5 heteroatoms. The van der Waals surface area contributed by atoms with Gasteiger partial charge in [0.15, 0.2) is 5.82 Å². The standard InChI is InChI=1S/C12H15N5/c1-17-8-14-16-12(17)7-13-11-6-5-9-3-2-4-10(9)15-11/h5-6,8H,2-4,7H2,1H3,(H,13,15). The van der Waals surface area contributed by atoms with Gasteiger partial charge in [0.05, 0.1) is 6.54 Å². The Kier molecular flexibility index (Phi) is 2.51. The average Bonchev–Trinajstić information content (AvgIpc) is 2.94. The maximum atomic E-state index is 4.61. The first-order valence-electron chi connectivity index (χ1n) is 5.88. The molecule has 5 nitrogen and oxygen atoms in total. The fraction of sp³-hybridized carbons (Fsp3) is 0.417. The summed E-state index contributed by atoms with van der Waals surface area (Å²) in [7, 11) is 1.94. The Balaban J connectivity index is 1.72. The molecule has 0 atom stereocenters. The van der Waals surface area contributed by atoms with Gasteiger partial charge in [0.1, 0.15) is 12.1 Å². The summed E-state index contributed by atoms with van der Waals surface area (Å²) in [5, 5.41) is 11.2. The minimum atomic E-state index is 0.655. The summed E-state index contributed by atoms with van der Waals surface area (Å²) in [6.45, 7) is 0.655. The van der Waals surface area contributed by atoms with Crippen LogP contribution in [0.3, 0.4) is 0 Å². The summed E-state index contributed by atoms with van der Waals surface area (Å²) in [5.74, 6) is 1.83. The van der Waals surface area contributed by atoms with E-state index in [-0.39, 0.29) is 0 Å². The third-order valence-electron chi connectivity index (χ3n) is 3.16. The fourth-order valence-corrected chi connectivity index (χ4v) is 2.16. The van der Waals surface area contributed by atoms with E-state index in [9.17, 15) is 0 Å². The average molecular weight is 229 g/mol. The Hall–Kier alpha value is -1.91. The molecule has 88 valence electrons. The van der Waals surface area contributed by atoms with E-state index >= 15 is 0 Å². The molecule has 2 aromatic heterocycles. The number of aromatic nitrogens is 4. The molecule has 0 saturated carbocycles. The molecule has 2 aromatic rings. The van der Waals surface area contributed by atoms with Crippen LogP contribution >= 0.6 is 0 Å². The second-order valence-corrected chi connectivity index (χ2v) is 4.37. The van der Waals surface area contributed by atoms with E-state index < -0.39 is 0 Å². The summed E-state index contributed by atoms with van der Waals surface area (Å²) in [5.41, 5.74) is 2.64. The van der Waals surface area contributed by atoms with E-state index in [0.29, 0.717) is 6.54 Å². The van der Waals surface area contributed by atoms with Gasteiger partial charge in [-0.3, -0.25) is 0 Å². The normalized spacial score (nSPS) is 13.7. The molecule has 0 fully saturated rings. The lowest BCUT2D eigenvalue weighted by Gasteiger charge is -2.06. The van der Waals surface area contributed by atoms with Crippen LogP contribution < -0.4 is 5.32 Å². The van der Waals surface area contributed by atoms with Gasteiger partial charge < -0.3 is 9.88 Å². The Bertz CT molecular complexity index is 531. The summed E-state index contributed by atoms with van der Waals surface area (Å²) in [4.78, 5) is 4.61. The molecule has 1 N–H and O–H groups in total. The predicted octanol–water partition coefficient (Wildman–Crippen LogP) is 1.31. The molecule has 0 bridgehead atoms. The van der Waals surface area contributed by atoms with Gasteiger partial charge in [-0.2, -0.15) is 0 Å². The number of nitrogens with zero attached hydrogens (tertiary/aromatic N) is 4. The molecule has 3 rings (SSSR count). The third kappa shape index (κ3) is 2.00. The van der Waals surface area contributed by atoms with Gasteiger partial charge in [-0.05, 0) is 30.9 Å². The van der Waals surface area contributed by atoms with Gasteiger partial charge in [-0.1, -0.05) is 6.07 Å². The van der Waals surface area contributed by atoms with E-state index in [4.69, 9.17) is 0 Å². The summed E-state index contributed by atoms with van der Waals surface area (Å²) in [6, 6.07) is 4.22. The number of rotatable bonds is 3. The van der Waals surface area contributed by atoms with Gasteiger partial charge in [0, 0.05) is 12.7 Å². The van der Waals surface area contributed by atoms with Crippen molar-refractivity contribution < 1.29 is 0 Å². The first-order chi connectivity index (χ1) is 8.33. The van der Waals surface area contributed by atoms with Crippen LogP contribution in [0.15, 0.2) is 18.5 Å². The van der Waals surface area contributed by atoms with Crippen LogP contribution in [0, 0.1) is 0 Å². The SMILES string of the molecule is Cn1cnnc1CNc1ccc2c(n1)CCC2.